The average Bonchev–Trinajstić information content (AvgIpc) is 2.72. The minimum atomic E-state index is -0.346. The van der Waals surface area contributed by atoms with Gasteiger partial charge in [-0.15, -0.1) is 11.8 Å². The van der Waals surface area contributed by atoms with Crippen molar-refractivity contribution in [3.8, 4) is 11.5 Å². The van der Waals surface area contributed by atoms with Crippen LogP contribution in [0.5, 0.6) is 11.5 Å². The molecule has 5 nitrogen and oxygen atoms in total. The summed E-state index contributed by atoms with van der Waals surface area (Å²) in [6.45, 7) is 0. The van der Waals surface area contributed by atoms with Crippen molar-refractivity contribution < 1.29 is 14.3 Å². The molecule has 2 aromatic carbocycles. The van der Waals surface area contributed by atoms with Gasteiger partial charge in [0.25, 0.3) is 0 Å². The van der Waals surface area contributed by atoms with E-state index in [-0.39, 0.29) is 12.1 Å². The summed E-state index contributed by atoms with van der Waals surface area (Å²) in [5, 5.41) is 5.90. The van der Waals surface area contributed by atoms with E-state index in [4.69, 9.17) is 21.7 Å². The SMILES string of the molecule is COc1ccc(C2=C(C(=S)SC)C(c3ccc(OC)cc3)NC(=O)N2)cc1. The van der Waals surface area contributed by atoms with Gasteiger partial charge in [-0.05, 0) is 53.8 Å². The van der Waals surface area contributed by atoms with E-state index in [0.29, 0.717) is 9.89 Å². The number of methoxy groups -OCH3 is 2. The van der Waals surface area contributed by atoms with Gasteiger partial charge in [0.15, 0.2) is 0 Å². The molecule has 0 radical (unpaired) electrons. The Morgan fingerprint density at radius 2 is 1.56 bits per heavy atom. The summed E-state index contributed by atoms with van der Waals surface area (Å²) < 4.78 is 11.2. The van der Waals surface area contributed by atoms with E-state index in [1.807, 2.05) is 54.8 Å². The van der Waals surface area contributed by atoms with Crippen LogP contribution in [0.15, 0.2) is 54.1 Å². The van der Waals surface area contributed by atoms with Crippen LogP contribution in [0.4, 0.5) is 4.79 Å². The van der Waals surface area contributed by atoms with Crippen molar-refractivity contribution in [3.05, 3.63) is 65.2 Å². The van der Waals surface area contributed by atoms with Crippen LogP contribution in [-0.4, -0.2) is 30.7 Å². The van der Waals surface area contributed by atoms with E-state index in [9.17, 15) is 4.79 Å². The van der Waals surface area contributed by atoms with Gasteiger partial charge in [-0.1, -0.05) is 24.4 Å². The number of hydrogen-bond donors (Lipinski definition) is 2. The quantitative estimate of drug-likeness (QED) is 0.738. The molecule has 0 fully saturated rings. The van der Waals surface area contributed by atoms with Crippen LogP contribution in [0, 0.1) is 0 Å². The molecule has 1 heterocycles. The molecule has 3 rings (SSSR count). The largest absolute Gasteiger partial charge is 0.497 e. The molecule has 0 spiro atoms. The fourth-order valence-electron chi connectivity index (χ4n) is 2.93. The van der Waals surface area contributed by atoms with Gasteiger partial charge in [-0.25, -0.2) is 4.79 Å². The zero-order valence-corrected chi connectivity index (χ0v) is 16.9. The average molecular weight is 401 g/mol. The van der Waals surface area contributed by atoms with E-state index in [1.54, 1.807) is 14.2 Å². The minimum absolute atomic E-state index is 0.269. The molecule has 2 N–H and O–H groups in total. The standard InChI is InChI=1S/C20H20N2O3S2/c1-24-14-8-4-12(5-9-14)17-16(19(26)27-3)18(22-20(23)21-17)13-6-10-15(25-2)11-7-13/h4-11,17H,1-3H3,(H2,21,22,23). The van der Waals surface area contributed by atoms with Crippen molar-refractivity contribution in [1.29, 1.82) is 0 Å². The summed E-state index contributed by atoms with van der Waals surface area (Å²) in [6.07, 6.45) is 1.93. The fraction of sp³-hybridized carbons (Fsp3) is 0.200. The van der Waals surface area contributed by atoms with Gasteiger partial charge in [0, 0.05) is 5.57 Å². The molecule has 0 aliphatic carbocycles. The Morgan fingerprint density at radius 3 is 2.07 bits per heavy atom. The third-order valence-electron chi connectivity index (χ3n) is 4.31. The Hall–Kier alpha value is -2.51. The maximum absolute atomic E-state index is 12.4. The molecule has 1 unspecified atom stereocenters. The van der Waals surface area contributed by atoms with E-state index in [0.717, 1.165) is 28.2 Å². The Kier molecular flexibility index (Phi) is 6.03. The van der Waals surface area contributed by atoms with Crippen LogP contribution in [0.25, 0.3) is 5.70 Å². The first kappa shape index (κ1) is 19.3. The molecule has 1 aliphatic heterocycles. The lowest BCUT2D eigenvalue weighted by molar-refractivity contribution is 0.241. The van der Waals surface area contributed by atoms with Crippen LogP contribution in [0.1, 0.15) is 17.2 Å². The minimum Gasteiger partial charge on any atom is -0.497 e. The number of urea groups is 1. The number of thioether (sulfide) groups is 1. The van der Waals surface area contributed by atoms with Crippen molar-refractivity contribution in [3.63, 3.8) is 0 Å². The molecule has 7 heteroatoms. The Balaban J connectivity index is 2.12. The zero-order chi connectivity index (χ0) is 19.4. The van der Waals surface area contributed by atoms with Crippen LogP contribution in [-0.2, 0) is 0 Å². The number of nitrogens with one attached hydrogen (secondary N) is 2. The highest BCUT2D eigenvalue weighted by Gasteiger charge is 2.31. The first-order valence-electron chi connectivity index (χ1n) is 8.25. The lowest BCUT2D eigenvalue weighted by Gasteiger charge is -2.31. The van der Waals surface area contributed by atoms with E-state index in [1.165, 1.54) is 11.8 Å². The Morgan fingerprint density at radius 1 is 1.00 bits per heavy atom. The fourth-order valence-corrected chi connectivity index (χ4v) is 3.59. The van der Waals surface area contributed by atoms with Crippen molar-refractivity contribution in [2.75, 3.05) is 20.5 Å². The highest BCUT2D eigenvalue weighted by atomic mass is 32.2. The second-order valence-corrected chi connectivity index (χ2v) is 7.30. The van der Waals surface area contributed by atoms with Gasteiger partial charge in [0.1, 0.15) is 11.5 Å². The van der Waals surface area contributed by atoms with E-state index in [2.05, 4.69) is 10.6 Å². The highest BCUT2D eigenvalue weighted by Crippen LogP contribution is 2.35. The summed E-state index contributed by atoms with van der Waals surface area (Å²) in [6, 6.07) is 14.5. The first-order chi connectivity index (χ1) is 13.1. The van der Waals surface area contributed by atoms with Crippen molar-refractivity contribution in [2.24, 2.45) is 0 Å². The van der Waals surface area contributed by atoms with Gasteiger partial charge < -0.3 is 20.1 Å². The van der Waals surface area contributed by atoms with Crippen LogP contribution in [0.3, 0.4) is 0 Å². The number of ether oxygens (including phenoxy) is 2. The summed E-state index contributed by atoms with van der Waals surface area (Å²) >= 11 is 7.11. The zero-order valence-electron chi connectivity index (χ0n) is 15.2. The molecular weight excluding hydrogens is 380 g/mol. The van der Waals surface area contributed by atoms with Crippen molar-refractivity contribution >= 4 is 39.9 Å². The number of hydrogen-bond acceptors (Lipinski definition) is 5. The second-order valence-electron chi connectivity index (χ2n) is 5.81. The van der Waals surface area contributed by atoms with Gasteiger partial charge in [0.05, 0.1) is 30.2 Å². The maximum Gasteiger partial charge on any atom is 0.320 e. The monoisotopic (exact) mass is 400 g/mol. The number of benzene rings is 2. The van der Waals surface area contributed by atoms with Crippen LogP contribution >= 0.6 is 24.0 Å². The molecular formula is C20H20N2O3S2. The summed E-state index contributed by atoms with van der Waals surface area (Å²) in [5.41, 5.74) is 3.38. The van der Waals surface area contributed by atoms with Crippen LogP contribution in [0.2, 0.25) is 0 Å². The first-order valence-corrected chi connectivity index (χ1v) is 9.89. The topological polar surface area (TPSA) is 59.6 Å². The summed E-state index contributed by atoms with van der Waals surface area (Å²) in [7, 11) is 3.24. The van der Waals surface area contributed by atoms with E-state index < -0.39 is 0 Å². The van der Waals surface area contributed by atoms with Gasteiger partial charge in [0.2, 0.25) is 0 Å². The number of thiocarbonyl (C=S) groups is 1. The second kappa shape index (κ2) is 8.45. The van der Waals surface area contributed by atoms with Gasteiger partial charge in [-0.2, -0.15) is 0 Å². The predicted octanol–water partition coefficient (Wildman–Crippen LogP) is 4.16. The Bertz CT molecular complexity index is 877. The van der Waals surface area contributed by atoms with Gasteiger partial charge in [-0.3, -0.25) is 0 Å². The molecule has 1 aliphatic rings. The molecule has 0 bridgehead atoms. The molecule has 140 valence electrons. The van der Waals surface area contributed by atoms with Crippen molar-refractivity contribution in [2.45, 2.75) is 6.04 Å². The molecule has 0 saturated carbocycles. The third-order valence-corrected chi connectivity index (χ3v) is 5.62. The molecule has 1 atom stereocenters. The predicted molar refractivity (Wildman–Crippen MR) is 113 cm³/mol. The molecule has 2 amide bonds. The van der Waals surface area contributed by atoms with E-state index >= 15 is 0 Å². The number of rotatable bonds is 5. The summed E-state index contributed by atoms with van der Waals surface area (Å²) in [4.78, 5) is 12.4. The third kappa shape index (κ3) is 4.09. The number of carbonyl (C=O) groups is 1. The van der Waals surface area contributed by atoms with Crippen molar-refractivity contribution in [1.82, 2.24) is 10.6 Å². The maximum atomic E-state index is 12.4. The molecule has 0 aromatic heterocycles. The molecule has 27 heavy (non-hydrogen) atoms. The Labute approximate surface area is 168 Å². The number of carbonyl (C=O) groups excluding carboxylic acids is 1. The highest BCUT2D eigenvalue weighted by molar-refractivity contribution is 8.23. The lowest BCUT2D eigenvalue weighted by atomic mass is 9.93. The lowest BCUT2D eigenvalue weighted by Crippen LogP contribution is -2.44. The van der Waals surface area contributed by atoms with Gasteiger partial charge >= 0.3 is 6.03 Å². The number of amides is 2. The molecule has 0 saturated heterocycles. The van der Waals surface area contributed by atoms with Crippen LogP contribution < -0.4 is 20.1 Å². The smallest absolute Gasteiger partial charge is 0.320 e. The summed E-state index contributed by atoms with van der Waals surface area (Å²) in [5.74, 6) is 1.51. The molecule has 2 aromatic rings. The normalized spacial score (nSPS) is 16.4.